The van der Waals surface area contributed by atoms with E-state index in [2.05, 4.69) is 9.97 Å². The molecule has 0 fully saturated rings. The molecule has 1 atom stereocenters. The molecule has 17 heavy (non-hydrogen) atoms. The molecule has 88 valence electrons. The minimum absolute atomic E-state index is 0.178. The molecule has 0 saturated heterocycles. The van der Waals surface area contributed by atoms with Crippen molar-refractivity contribution >= 4 is 0 Å². The van der Waals surface area contributed by atoms with Crippen molar-refractivity contribution in [3.8, 4) is 11.4 Å². The first-order valence-electron chi connectivity index (χ1n) is 5.50. The van der Waals surface area contributed by atoms with Gasteiger partial charge in [0.25, 0.3) is 5.56 Å². The second-order valence-corrected chi connectivity index (χ2v) is 4.17. The van der Waals surface area contributed by atoms with Crippen LogP contribution in [0.3, 0.4) is 0 Å². The molecule has 0 aliphatic heterocycles. The van der Waals surface area contributed by atoms with Crippen LogP contribution < -0.4 is 11.3 Å². The highest BCUT2D eigenvalue weighted by molar-refractivity contribution is 5.55. The van der Waals surface area contributed by atoms with Crippen LogP contribution in [0.15, 0.2) is 35.1 Å². The third kappa shape index (κ3) is 2.60. The Balaban J connectivity index is 2.52. The Labute approximate surface area is 99.5 Å². The van der Waals surface area contributed by atoms with Gasteiger partial charge in [-0.3, -0.25) is 4.79 Å². The van der Waals surface area contributed by atoms with Crippen molar-refractivity contribution in [3.05, 3.63) is 51.9 Å². The fourth-order valence-electron chi connectivity index (χ4n) is 1.56. The minimum atomic E-state index is -0.249. The van der Waals surface area contributed by atoms with Gasteiger partial charge in [0.05, 0.1) is 5.69 Å². The average molecular weight is 229 g/mol. The Kier molecular flexibility index (Phi) is 3.06. The largest absolute Gasteiger partial charge is 0.323 e. The zero-order valence-electron chi connectivity index (χ0n) is 9.90. The predicted molar refractivity (Wildman–Crippen MR) is 67.6 cm³/mol. The number of H-pyrrole nitrogens is 1. The van der Waals surface area contributed by atoms with Crippen molar-refractivity contribution in [1.82, 2.24) is 9.97 Å². The molecule has 4 heteroatoms. The molecule has 1 unspecified atom stereocenters. The number of nitrogens with one attached hydrogen (secondary N) is 1. The van der Waals surface area contributed by atoms with E-state index in [-0.39, 0.29) is 11.6 Å². The summed E-state index contributed by atoms with van der Waals surface area (Å²) < 4.78 is 0. The summed E-state index contributed by atoms with van der Waals surface area (Å²) in [6, 6.07) is 9.00. The maximum atomic E-state index is 11.5. The van der Waals surface area contributed by atoms with Crippen LogP contribution in [0.4, 0.5) is 0 Å². The van der Waals surface area contributed by atoms with Crippen LogP contribution in [0.25, 0.3) is 11.4 Å². The van der Waals surface area contributed by atoms with Crippen molar-refractivity contribution in [3.63, 3.8) is 0 Å². The molecule has 0 amide bonds. The number of aromatic amines is 1. The van der Waals surface area contributed by atoms with Crippen LogP contribution in [0, 0.1) is 6.92 Å². The van der Waals surface area contributed by atoms with E-state index in [1.807, 2.05) is 31.2 Å². The fourth-order valence-corrected chi connectivity index (χ4v) is 1.56. The number of benzene rings is 1. The van der Waals surface area contributed by atoms with Gasteiger partial charge in [0.15, 0.2) is 0 Å². The quantitative estimate of drug-likeness (QED) is 0.824. The first kappa shape index (κ1) is 11.5. The van der Waals surface area contributed by atoms with Gasteiger partial charge < -0.3 is 10.7 Å². The lowest BCUT2D eigenvalue weighted by Gasteiger charge is -2.07. The zero-order chi connectivity index (χ0) is 12.4. The van der Waals surface area contributed by atoms with Crippen molar-refractivity contribution in [1.29, 1.82) is 0 Å². The molecule has 0 aliphatic rings. The van der Waals surface area contributed by atoms with Gasteiger partial charge in [0, 0.05) is 17.7 Å². The number of aryl methyl sites for hydroxylation is 1. The van der Waals surface area contributed by atoms with Gasteiger partial charge in [-0.05, 0) is 13.8 Å². The van der Waals surface area contributed by atoms with E-state index in [0.717, 1.165) is 5.56 Å². The molecule has 3 N–H and O–H groups in total. The molecule has 2 aromatic rings. The number of rotatable bonds is 2. The van der Waals surface area contributed by atoms with Gasteiger partial charge in [0.2, 0.25) is 0 Å². The summed E-state index contributed by atoms with van der Waals surface area (Å²) in [6.07, 6.45) is 0. The molecule has 0 radical (unpaired) electrons. The van der Waals surface area contributed by atoms with Crippen molar-refractivity contribution < 1.29 is 0 Å². The third-order valence-corrected chi connectivity index (χ3v) is 2.55. The maximum absolute atomic E-state index is 11.5. The van der Waals surface area contributed by atoms with E-state index in [1.165, 1.54) is 11.6 Å². The minimum Gasteiger partial charge on any atom is -0.323 e. The molecule has 1 aromatic carbocycles. The van der Waals surface area contributed by atoms with Crippen LogP contribution >= 0.6 is 0 Å². The Morgan fingerprint density at radius 2 is 1.94 bits per heavy atom. The molecule has 0 aliphatic carbocycles. The smallest absolute Gasteiger partial charge is 0.251 e. The molecule has 0 spiro atoms. The second kappa shape index (κ2) is 4.51. The topological polar surface area (TPSA) is 71.8 Å². The Bertz CT molecular complexity index is 570. The molecule has 2 rings (SSSR count). The van der Waals surface area contributed by atoms with E-state index >= 15 is 0 Å². The first-order valence-corrected chi connectivity index (χ1v) is 5.50. The van der Waals surface area contributed by atoms with Gasteiger partial charge in [0.1, 0.15) is 5.82 Å². The highest BCUT2D eigenvalue weighted by Crippen LogP contribution is 2.15. The Morgan fingerprint density at radius 1 is 1.29 bits per heavy atom. The summed E-state index contributed by atoms with van der Waals surface area (Å²) in [4.78, 5) is 18.6. The predicted octanol–water partition coefficient (Wildman–Crippen LogP) is 1.77. The number of nitrogens with two attached hydrogens (primary N) is 1. The van der Waals surface area contributed by atoms with Gasteiger partial charge in [-0.25, -0.2) is 4.98 Å². The highest BCUT2D eigenvalue weighted by atomic mass is 16.1. The van der Waals surface area contributed by atoms with E-state index in [1.54, 1.807) is 6.92 Å². The van der Waals surface area contributed by atoms with Crippen LogP contribution in [-0.2, 0) is 0 Å². The van der Waals surface area contributed by atoms with Gasteiger partial charge >= 0.3 is 0 Å². The SMILES string of the molecule is Cc1ccc(-c2nc(C(C)N)cc(=O)[nH]2)cc1. The third-order valence-electron chi connectivity index (χ3n) is 2.55. The summed E-state index contributed by atoms with van der Waals surface area (Å²) in [5.74, 6) is 0.560. The zero-order valence-corrected chi connectivity index (χ0v) is 9.90. The molecule has 0 bridgehead atoms. The number of hydrogen-bond acceptors (Lipinski definition) is 3. The van der Waals surface area contributed by atoms with Crippen molar-refractivity contribution in [2.45, 2.75) is 19.9 Å². The van der Waals surface area contributed by atoms with Crippen molar-refractivity contribution in [2.24, 2.45) is 5.73 Å². The normalized spacial score (nSPS) is 12.4. The summed E-state index contributed by atoms with van der Waals surface area (Å²) in [6.45, 7) is 3.82. The van der Waals surface area contributed by atoms with Crippen molar-refractivity contribution in [2.75, 3.05) is 0 Å². The lowest BCUT2D eigenvalue weighted by molar-refractivity contribution is 0.773. The Hall–Kier alpha value is -1.94. The monoisotopic (exact) mass is 229 g/mol. The van der Waals surface area contributed by atoms with E-state index < -0.39 is 0 Å². The lowest BCUT2D eigenvalue weighted by atomic mass is 10.1. The summed E-state index contributed by atoms with van der Waals surface area (Å²) >= 11 is 0. The van der Waals surface area contributed by atoms with E-state index in [9.17, 15) is 4.79 Å². The van der Waals surface area contributed by atoms with Crippen LogP contribution in [-0.4, -0.2) is 9.97 Å². The van der Waals surface area contributed by atoms with Crippen LogP contribution in [0.5, 0.6) is 0 Å². The summed E-state index contributed by atoms with van der Waals surface area (Å²) in [5.41, 5.74) is 8.21. The van der Waals surface area contributed by atoms with E-state index in [4.69, 9.17) is 5.73 Å². The first-order chi connectivity index (χ1) is 8.06. The van der Waals surface area contributed by atoms with Gasteiger partial charge in [-0.2, -0.15) is 0 Å². The summed E-state index contributed by atoms with van der Waals surface area (Å²) in [5, 5.41) is 0. The summed E-state index contributed by atoms with van der Waals surface area (Å²) in [7, 11) is 0. The van der Waals surface area contributed by atoms with Gasteiger partial charge in [-0.1, -0.05) is 29.8 Å². The van der Waals surface area contributed by atoms with Crippen LogP contribution in [0.1, 0.15) is 24.2 Å². The lowest BCUT2D eigenvalue weighted by Crippen LogP contribution is -2.15. The number of nitrogens with zero attached hydrogens (tertiary/aromatic N) is 1. The molecular weight excluding hydrogens is 214 g/mol. The molecule has 1 aromatic heterocycles. The Morgan fingerprint density at radius 3 is 2.53 bits per heavy atom. The van der Waals surface area contributed by atoms with Gasteiger partial charge in [-0.15, -0.1) is 0 Å². The molecule has 4 nitrogen and oxygen atoms in total. The van der Waals surface area contributed by atoms with Crippen LogP contribution in [0.2, 0.25) is 0 Å². The fraction of sp³-hybridized carbons (Fsp3) is 0.231. The molecular formula is C13H15N3O. The highest BCUT2D eigenvalue weighted by Gasteiger charge is 2.06. The molecule has 0 saturated carbocycles. The van der Waals surface area contributed by atoms with E-state index in [0.29, 0.717) is 11.5 Å². The average Bonchev–Trinajstić information content (AvgIpc) is 2.29. The number of hydrogen-bond donors (Lipinski definition) is 2. The standard InChI is InChI=1S/C13H15N3O/c1-8-3-5-10(6-4-8)13-15-11(9(2)14)7-12(17)16-13/h3-7,9H,14H2,1-2H3,(H,15,16,17). The number of aromatic nitrogens is 2. The maximum Gasteiger partial charge on any atom is 0.251 e. The second-order valence-electron chi connectivity index (χ2n) is 4.17. The molecule has 1 heterocycles.